The zero-order valence-electron chi connectivity index (χ0n) is 13.0. The van der Waals surface area contributed by atoms with E-state index in [0.717, 1.165) is 6.54 Å². The van der Waals surface area contributed by atoms with Crippen molar-refractivity contribution in [2.24, 2.45) is 0 Å². The summed E-state index contributed by atoms with van der Waals surface area (Å²) in [5, 5.41) is 6.90. The summed E-state index contributed by atoms with van der Waals surface area (Å²) in [6, 6.07) is 4.97. The molecule has 0 aliphatic carbocycles. The number of nitrogens with one attached hydrogen (secondary N) is 1. The zero-order valence-corrected chi connectivity index (χ0v) is 13.8. The van der Waals surface area contributed by atoms with E-state index in [1.165, 1.54) is 27.3 Å². The van der Waals surface area contributed by atoms with Gasteiger partial charge in [0.25, 0.3) is 0 Å². The molecule has 1 heterocycles. The summed E-state index contributed by atoms with van der Waals surface area (Å²) in [7, 11) is 0. The quantitative estimate of drug-likeness (QED) is 0.875. The smallest absolute Gasteiger partial charge is 0.0965 e. The number of hydrogen-bond acceptors (Lipinski definition) is 3. The van der Waals surface area contributed by atoms with Crippen LogP contribution in [-0.2, 0) is 0 Å². The van der Waals surface area contributed by atoms with Crippen LogP contribution in [0.2, 0.25) is 0 Å². The Bertz CT molecular complexity index is 561. The van der Waals surface area contributed by atoms with Crippen LogP contribution in [0.5, 0.6) is 0 Å². The van der Waals surface area contributed by atoms with Crippen molar-refractivity contribution >= 4 is 11.3 Å². The van der Waals surface area contributed by atoms with Gasteiger partial charge in [0.15, 0.2) is 0 Å². The summed E-state index contributed by atoms with van der Waals surface area (Å²) in [6.07, 6.45) is 1.88. The van der Waals surface area contributed by atoms with Gasteiger partial charge in [0.2, 0.25) is 0 Å². The second-order valence-electron chi connectivity index (χ2n) is 5.69. The molecule has 108 valence electrons. The fraction of sp³-hybridized carbons (Fsp3) is 0.471. The van der Waals surface area contributed by atoms with Crippen LogP contribution in [0.25, 0.3) is 0 Å². The molecule has 1 N–H and O–H groups in total. The minimum atomic E-state index is 0.372. The molecule has 2 aromatic rings. The Morgan fingerprint density at radius 1 is 1.10 bits per heavy atom. The maximum Gasteiger partial charge on any atom is 0.0965 e. The van der Waals surface area contributed by atoms with E-state index in [2.05, 4.69) is 57.1 Å². The molecule has 0 fully saturated rings. The van der Waals surface area contributed by atoms with E-state index in [4.69, 9.17) is 0 Å². The lowest BCUT2D eigenvalue weighted by Crippen LogP contribution is -2.24. The van der Waals surface area contributed by atoms with Crippen molar-refractivity contribution < 1.29 is 0 Å². The molecule has 0 aliphatic rings. The zero-order chi connectivity index (χ0) is 14.7. The summed E-state index contributed by atoms with van der Waals surface area (Å²) in [6.45, 7) is 12.0. The van der Waals surface area contributed by atoms with Crippen molar-refractivity contribution in [1.82, 2.24) is 10.3 Å². The molecular weight excluding hydrogens is 264 g/mol. The highest BCUT2D eigenvalue weighted by Crippen LogP contribution is 2.23. The maximum atomic E-state index is 4.39. The SMILES string of the molecule is Cc1cc(C)c(C(C)NCC(C)c2nccs2)cc1C. The van der Waals surface area contributed by atoms with Gasteiger partial charge in [0.1, 0.15) is 0 Å². The van der Waals surface area contributed by atoms with Crippen LogP contribution in [0.3, 0.4) is 0 Å². The summed E-state index contributed by atoms with van der Waals surface area (Å²) in [5.41, 5.74) is 5.51. The molecule has 3 heteroatoms. The lowest BCUT2D eigenvalue weighted by molar-refractivity contribution is 0.534. The Morgan fingerprint density at radius 2 is 1.80 bits per heavy atom. The van der Waals surface area contributed by atoms with Gasteiger partial charge in [-0.3, -0.25) is 0 Å². The van der Waals surface area contributed by atoms with E-state index < -0.39 is 0 Å². The van der Waals surface area contributed by atoms with E-state index in [1.54, 1.807) is 11.3 Å². The van der Waals surface area contributed by atoms with E-state index in [-0.39, 0.29) is 0 Å². The molecule has 0 amide bonds. The highest BCUT2D eigenvalue weighted by Gasteiger charge is 2.13. The Labute approximate surface area is 126 Å². The summed E-state index contributed by atoms with van der Waals surface area (Å²) in [4.78, 5) is 4.39. The number of rotatable bonds is 5. The van der Waals surface area contributed by atoms with Gasteiger partial charge in [0, 0.05) is 30.1 Å². The highest BCUT2D eigenvalue weighted by atomic mass is 32.1. The summed E-state index contributed by atoms with van der Waals surface area (Å²) >= 11 is 1.73. The lowest BCUT2D eigenvalue weighted by atomic mass is 9.96. The van der Waals surface area contributed by atoms with E-state index in [0.29, 0.717) is 12.0 Å². The number of thiazole rings is 1. The molecule has 0 bridgehead atoms. The van der Waals surface area contributed by atoms with Gasteiger partial charge in [0.05, 0.1) is 5.01 Å². The van der Waals surface area contributed by atoms with Gasteiger partial charge < -0.3 is 5.32 Å². The second-order valence-corrected chi connectivity index (χ2v) is 6.62. The first-order valence-corrected chi connectivity index (χ1v) is 8.07. The van der Waals surface area contributed by atoms with Gasteiger partial charge in [-0.1, -0.05) is 19.1 Å². The first-order valence-electron chi connectivity index (χ1n) is 7.19. The fourth-order valence-electron chi connectivity index (χ4n) is 2.48. The summed E-state index contributed by atoms with van der Waals surface area (Å²) in [5.74, 6) is 0.462. The minimum absolute atomic E-state index is 0.372. The Balaban J connectivity index is 2.02. The Kier molecular flexibility index (Phi) is 4.95. The molecular formula is C17H24N2S. The third kappa shape index (κ3) is 3.47. The second kappa shape index (κ2) is 6.51. The topological polar surface area (TPSA) is 24.9 Å². The average Bonchev–Trinajstić information content (AvgIpc) is 2.94. The molecule has 0 saturated carbocycles. The maximum absolute atomic E-state index is 4.39. The minimum Gasteiger partial charge on any atom is -0.310 e. The molecule has 0 radical (unpaired) electrons. The van der Waals surface area contributed by atoms with E-state index in [9.17, 15) is 0 Å². The van der Waals surface area contributed by atoms with Crippen LogP contribution >= 0.6 is 11.3 Å². The van der Waals surface area contributed by atoms with Crippen molar-refractivity contribution in [3.05, 3.63) is 51.0 Å². The van der Waals surface area contributed by atoms with Gasteiger partial charge in [-0.2, -0.15) is 0 Å². The van der Waals surface area contributed by atoms with Crippen LogP contribution in [0.4, 0.5) is 0 Å². The molecule has 2 atom stereocenters. The number of nitrogens with zero attached hydrogens (tertiary/aromatic N) is 1. The average molecular weight is 288 g/mol. The normalized spacial score (nSPS) is 14.2. The highest BCUT2D eigenvalue weighted by molar-refractivity contribution is 7.09. The fourth-order valence-corrected chi connectivity index (χ4v) is 3.18. The number of hydrogen-bond donors (Lipinski definition) is 1. The molecule has 0 spiro atoms. The molecule has 2 nitrogen and oxygen atoms in total. The molecule has 2 rings (SSSR count). The number of aromatic nitrogens is 1. The number of benzene rings is 1. The molecule has 0 aliphatic heterocycles. The van der Waals surface area contributed by atoms with E-state index in [1.807, 2.05) is 11.6 Å². The van der Waals surface area contributed by atoms with Crippen LogP contribution < -0.4 is 5.32 Å². The summed E-state index contributed by atoms with van der Waals surface area (Å²) < 4.78 is 0. The lowest BCUT2D eigenvalue weighted by Gasteiger charge is -2.20. The Hall–Kier alpha value is -1.19. The van der Waals surface area contributed by atoms with Crippen LogP contribution in [0, 0.1) is 20.8 Å². The molecule has 1 aromatic carbocycles. The monoisotopic (exact) mass is 288 g/mol. The third-order valence-electron chi connectivity index (χ3n) is 3.95. The largest absolute Gasteiger partial charge is 0.310 e. The van der Waals surface area contributed by atoms with Gasteiger partial charge in [-0.25, -0.2) is 4.98 Å². The van der Waals surface area contributed by atoms with Crippen molar-refractivity contribution in [2.45, 2.75) is 46.6 Å². The molecule has 0 saturated heterocycles. The number of aryl methyl sites for hydroxylation is 3. The Morgan fingerprint density at radius 3 is 2.45 bits per heavy atom. The van der Waals surface area contributed by atoms with Gasteiger partial charge in [-0.15, -0.1) is 11.3 Å². The van der Waals surface area contributed by atoms with Crippen LogP contribution in [0.1, 0.15) is 53.1 Å². The van der Waals surface area contributed by atoms with Crippen LogP contribution in [-0.4, -0.2) is 11.5 Å². The van der Waals surface area contributed by atoms with Crippen molar-refractivity contribution in [3.63, 3.8) is 0 Å². The predicted molar refractivity (Wildman–Crippen MR) is 87.6 cm³/mol. The first kappa shape index (κ1) is 15.2. The van der Waals surface area contributed by atoms with Crippen molar-refractivity contribution in [3.8, 4) is 0 Å². The first-order chi connectivity index (χ1) is 9.49. The molecule has 20 heavy (non-hydrogen) atoms. The molecule has 1 aromatic heterocycles. The third-order valence-corrected chi connectivity index (χ3v) is 4.96. The standard InChI is InChI=1S/C17H24N2S/c1-11-8-13(3)16(9-12(11)2)15(5)19-10-14(4)17-18-6-7-20-17/h6-9,14-15,19H,10H2,1-5H3. The predicted octanol–water partition coefficient (Wildman–Crippen LogP) is 4.52. The van der Waals surface area contributed by atoms with Crippen molar-refractivity contribution in [2.75, 3.05) is 6.54 Å². The van der Waals surface area contributed by atoms with Crippen molar-refractivity contribution in [1.29, 1.82) is 0 Å². The van der Waals surface area contributed by atoms with Gasteiger partial charge >= 0.3 is 0 Å². The molecule has 2 unspecified atom stereocenters. The van der Waals surface area contributed by atoms with Gasteiger partial charge in [-0.05, 0) is 49.9 Å². The van der Waals surface area contributed by atoms with Crippen LogP contribution in [0.15, 0.2) is 23.7 Å². The van der Waals surface area contributed by atoms with E-state index >= 15 is 0 Å².